The zero-order valence-electron chi connectivity index (χ0n) is 9.96. The maximum Gasteiger partial charge on any atom is 0.276 e. The second-order valence-corrected chi connectivity index (χ2v) is 4.49. The summed E-state index contributed by atoms with van der Waals surface area (Å²) in [4.78, 5) is 0. The lowest BCUT2D eigenvalue weighted by Gasteiger charge is -1.98. The Morgan fingerprint density at radius 2 is 2.28 bits per heavy atom. The third-order valence-corrected chi connectivity index (χ3v) is 2.97. The van der Waals surface area contributed by atoms with Gasteiger partial charge < -0.3 is 18.7 Å². The first-order valence-corrected chi connectivity index (χ1v) is 6.49. The normalized spacial score (nSPS) is 11.0. The maximum atomic E-state index is 8.54. The van der Waals surface area contributed by atoms with Gasteiger partial charge in [0.2, 0.25) is 0 Å². The van der Waals surface area contributed by atoms with E-state index in [1.165, 1.54) is 11.8 Å². The molecule has 0 unspecified atom stereocenters. The van der Waals surface area contributed by atoms with Gasteiger partial charge in [-0.1, -0.05) is 11.8 Å². The van der Waals surface area contributed by atoms with Crippen LogP contribution < -0.4 is 0 Å². The summed E-state index contributed by atoms with van der Waals surface area (Å²) >= 11 is 1.42. The molecule has 2 aromatic heterocycles. The van der Waals surface area contributed by atoms with Gasteiger partial charge in [0.15, 0.2) is 0 Å². The number of furan rings is 1. The molecule has 1 N–H and O–H groups in total. The van der Waals surface area contributed by atoms with Gasteiger partial charge in [-0.3, -0.25) is 0 Å². The molecule has 7 heteroatoms. The Morgan fingerprint density at radius 1 is 1.39 bits per heavy atom. The minimum atomic E-state index is 0.0368. The Labute approximate surface area is 108 Å². The Hall–Kier alpha value is -1.31. The lowest BCUT2D eigenvalue weighted by molar-refractivity contribution is 0.103. The average Bonchev–Trinajstić information content (AvgIpc) is 2.97. The molecule has 0 fully saturated rings. The first-order chi connectivity index (χ1) is 8.81. The molecule has 0 radical (unpaired) electrons. The summed E-state index contributed by atoms with van der Waals surface area (Å²) in [7, 11) is 0. The number of aliphatic hydroxyl groups excluding tert-OH is 1. The van der Waals surface area contributed by atoms with Crippen molar-refractivity contribution in [3.8, 4) is 11.5 Å². The lowest BCUT2D eigenvalue weighted by Crippen LogP contribution is -2.02. The second-order valence-electron chi connectivity index (χ2n) is 3.45. The minimum absolute atomic E-state index is 0.0368. The molecular formula is C11H14N2O4S. The van der Waals surface area contributed by atoms with Gasteiger partial charge in [-0.2, -0.15) is 0 Å². The van der Waals surface area contributed by atoms with E-state index in [4.69, 9.17) is 18.7 Å². The maximum absolute atomic E-state index is 8.54. The lowest BCUT2D eigenvalue weighted by atomic mass is 10.3. The van der Waals surface area contributed by atoms with E-state index in [1.54, 1.807) is 12.3 Å². The highest BCUT2D eigenvalue weighted by molar-refractivity contribution is 7.99. The van der Waals surface area contributed by atoms with E-state index in [9.17, 15) is 0 Å². The van der Waals surface area contributed by atoms with Crippen LogP contribution in [0.4, 0.5) is 0 Å². The van der Waals surface area contributed by atoms with E-state index in [-0.39, 0.29) is 6.61 Å². The van der Waals surface area contributed by atoms with Crippen LogP contribution in [0.1, 0.15) is 5.76 Å². The fourth-order valence-corrected chi connectivity index (χ4v) is 1.95. The molecule has 0 aliphatic carbocycles. The SMILES string of the molecule is Cc1occc1-c1nnc(SCCOCCO)o1. The minimum Gasteiger partial charge on any atom is -0.469 e. The fraction of sp³-hybridized carbons (Fsp3) is 0.455. The monoisotopic (exact) mass is 270 g/mol. The Balaban J connectivity index is 1.85. The molecule has 2 heterocycles. The molecule has 6 nitrogen and oxygen atoms in total. The van der Waals surface area contributed by atoms with Crippen LogP contribution in [-0.4, -0.2) is 40.9 Å². The van der Waals surface area contributed by atoms with Crippen molar-refractivity contribution in [2.24, 2.45) is 0 Å². The number of hydrogen-bond donors (Lipinski definition) is 1. The van der Waals surface area contributed by atoms with Crippen LogP contribution in [0.25, 0.3) is 11.5 Å². The van der Waals surface area contributed by atoms with Crippen LogP contribution in [0.3, 0.4) is 0 Å². The van der Waals surface area contributed by atoms with Crippen LogP contribution in [0.5, 0.6) is 0 Å². The molecule has 0 bridgehead atoms. The number of rotatable bonds is 7. The average molecular weight is 270 g/mol. The molecule has 0 aromatic carbocycles. The van der Waals surface area contributed by atoms with Gasteiger partial charge in [-0.05, 0) is 13.0 Å². The third kappa shape index (κ3) is 3.34. The van der Waals surface area contributed by atoms with Gasteiger partial charge >= 0.3 is 0 Å². The van der Waals surface area contributed by atoms with E-state index >= 15 is 0 Å². The van der Waals surface area contributed by atoms with Crippen molar-refractivity contribution in [2.75, 3.05) is 25.6 Å². The standard InChI is InChI=1S/C11H14N2O4S/c1-8-9(2-4-16-8)10-12-13-11(17-10)18-7-6-15-5-3-14/h2,4,14H,3,5-7H2,1H3. The van der Waals surface area contributed by atoms with Crippen LogP contribution >= 0.6 is 11.8 Å². The number of aliphatic hydroxyl groups is 1. The molecule has 0 aliphatic heterocycles. The molecule has 2 rings (SSSR count). The number of hydrogen-bond acceptors (Lipinski definition) is 7. The van der Waals surface area contributed by atoms with Crippen molar-refractivity contribution < 1.29 is 18.7 Å². The molecule has 0 saturated heterocycles. The quantitative estimate of drug-likeness (QED) is 0.606. The van der Waals surface area contributed by atoms with Gasteiger partial charge in [0.1, 0.15) is 5.76 Å². The highest BCUT2D eigenvalue weighted by Gasteiger charge is 2.12. The number of thioether (sulfide) groups is 1. The number of ether oxygens (including phenoxy) is 1. The fourth-order valence-electron chi connectivity index (χ4n) is 1.34. The topological polar surface area (TPSA) is 81.5 Å². The Morgan fingerprint density at radius 3 is 3.00 bits per heavy atom. The summed E-state index contributed by atoms with van der Waals surface area (Å²) in [6.07, 6.45) is 1.59. The molecule has 0 saturated carbocycles. The van der Waals surface area contributed by atoms with Crippen LogP contribution in [0.15, 0.2) is 26.4 Å². The van der Waals surface area contributed by atoms with Crippen molar-refractivity contribution in [1.82, 2.24) is 10.2 Å². The zero-order chi connectivity index (χ0) is 12.8. The van der Waals surface area contributed by atoms with Gasteiger partial charge in [0, 0.05) is 5.75 Å². The Bertz CT molecular complexity index is 483. The van der Waals surface area contributed by atoms with E-state index in [2.05, 4.69) is 10.2 Å². The van der Waals surface area contributed by atoms with Gasteiger partial charge in [0.05, 0.1) is 31.6 Å². The molecule has 0 amide bonds. The third-order valence-electron chi connectivity index (χ3n) is 2.18. The van der Waals surface area contributed by atoms with Crippen LogP contribution in [0.2, 0.25) is 0 Å². The number of aromatic nitrogens is 2. The van der Waals surface area contributed by atoms with Gasteiger partial charge in [0.25, 0.3) is 11.1 Å². The highest BCUT2D eigenvalue weighted by Crippen LogP contribution is 2.25. The largest absolute Gasteiger partial charge is 0.469 e. The summed E-state index contributed by atoms with van der Waals surface area (Å²) in [5.74, 6) is 1.91. The van der Waals surface area contributed by atoms with Crippen molar-refractivity contribution in [1.29, 1.82) is 0 Å². The summed E-state index contributed by atoms with van der Waals surface area (Å²) in [6, 6.07) is 1.79. The van der Waals surface area contributed by atoms with E-state index in [1.807, 2.05) is 6.92 Å². The molecule has 2 aromatic rings. The van der Waals surface area contributed by atoms with Crippen molar-refractivity contribution in [3.63, 3.8) is 0 Å². The number of aryl methyl sites for hydroxylation is 1. The molecular weight excluding hydrogens is 256 g/mol. The summed E-state index contributed by atoms with van der Waals surface area (Å²) in [5, 5.41) is 16.9. The predicted octanol–water partition coefficient (Wildman–Crippen LogP) is 1.74. The van der Waals surface area contributed by atoms with E-state index in [0.29, 0.717) is 30.1 Å². The molecule has 0 spiro atoms. The van der Waals surface area contributed by atoms with Crippen LogP contribution in [0, 0.1) is 6.92 Å². The van der Waals surface area contributed by atoms with Crippen molar-refractivity contribution >= 4 is 11.8 Å². The summed E-state index contributed by atoms with van der Waals surface area (Å²) < 4.78 is 15.8. The van der Waals surface area contributed by atoms with Crippen LogP contribution in [-0.2, 0) is 4.74 Å². The van der Waals surface area contributed by atoms with Gasteiger partial charge in [-0.25, -0.2) is 0 Å². The Kier molecular flexibility index (Phi) is 4.80. The first-order valence-electron chi connectivity index (χ1n) is 5.50. The highest BCUT2D eigenvalue weighted by atomic mass is 32.2. The smallest absolute Gasteiger partial charge is 0.276 e. The summed E-state index contributed by atoms with van der Waals surface area (Å²) in [6.45, 7) is 2.77. The molecule has 0 aliphatic rings. The summed E-state index contributed by atoms with van der Waals surface area (Å²) in [5.41, 5.74) is 0.811. The first kappa shape index (κ1) is 13.1. The second kappa shape index (κ2) is 6.58. The predicted molar refractivity (Wildman–Crippen MR) is 65.4 cm³/mol. The van der Waals surface area contributed by atoms with Crippen molar-refractivity contribution in [3.05, 3.63) is 18.1 Å². The van der Waals surface area contributed by atoms with Crippen molar-refractivity contribution in [2.45, 2.75) is 12.1 Å². The van der Waals surface area contributed by atoms with Gasteiger partial charge in [-0.15, -0.1) is 10.2 Å². The number of nitrogens with zero attached hydrogens (tertiary/aromatic N) is 2. The zero-order valence-corrected chi connectivity index (χ0v) is 10.8. The molecule has 98 valence electrons. The molecule has 18 heavy (non-hydrogen) atoms. The molecule has 0 atom stereocenters. The van der Waals surface area contributed by atoms with E-state index in [0.717, 1.165) is 11.3 Å². The van der Waals surface area contributed by atoms with E-state index < -0.39 is 0 Å².